The second-order valence-electron chi connectivity index (χ2n) is 3.17. The van der Waals surface area contributed by atoms with Crippen molar-refractivity contribution in [2.24, 2.45) is 5.16 Å². The number of aliphatic hydroxyl groups excluding tert-OH is 1. The van der Waals surface area contributed by atoms with Gasteiger partial charge in [-0.25, -0.2) is 0 Å². The van der Waals surface area contributed by atoms with Crippen LogP contribution < -0.4 is 0 Å². The monoisotopic (exact) mass is 193 g/mol. The summed E-state index contributed by atoms with van der Waals surface area (Å²) in [6.07, 6.45) is -1.67. The lowest BCUT2D eigenvalue weighted by Gasteiger charge is -2.08. The van der Waals surface area contributed by atoms with Crippen LogP contribution in [-0.4, -0.2) is 28.3 Å². The summed E-state index contributed by atoms with van der Waals surface area (Å²) in [4.78, 5) is 4.87. The largest absolute Gasteiger partial charge is 0.386 e. The Morgan fingerprint density at radius 1 is 1.29 bits per heavy atom. The summed E-state index contributed by atoms with van der Waals surface area (Å²) in [5.74, 6) is 0. The highest BCUT2D eigenvalue weighted by Crippen LogP contribution is 2.17. The lowest BCUT2D eigenvalue weighted by Crippen LogP contribution is -2.25. The van der Waals surface area contributed by atoms with E-state index < -0.39 is 12.4 Å². The molecular weight excluding hydrogens is 182 g/mol. The van der Waals surface area contributed by atoms with Crippen LogP contribution in [0, 0.1) is 0 Å². The minimum atomic E-state index is -1.47. The molecule has 2 N–H and O–H groups in total. The van der Waals surface area contributed by atoms with Gasteiger partial charge in [-0.15, -0.1) is 0 Å². The van der Waals surface area contributed by atoms with Gasteiger partial charge in [-0.3, -0.25) is 0 Å². The standard InChI is InChI=1S/C10H11NO3/c12-10(13)9-6-8(11-14-9)7-4-2-1-3-5-7/h1-5,9-10,12-13H,6H2/t9-/m1/s1. The van der Waals surface area contributed by atoms with Crippen LogP contribution in [0.15, 0.2) is 35.5 Å². The van der Waals surface area contributed by atoms with E-state index in [-0.39, 0.29) is 0 Å². The van der Waals surface area contributed by atoms with E-state index in [0.717, 1.165) is 11.3 Å². The smallest absolute Gasteiger partial charge is 0.192 e. The van der Waals surface area contributed by atoms with Crippen molar-refractivity contribution in [3.05, 3.63) is 35.9 Å². The molecule has 1 aromatic rings. The Kier molecular flexibility index (Phi) is 2.47. The molecule has 14 heavy (non-hydrogen) atoms. The van der Waals surface area contributed by atoms with Crippen LogP contribution in [0.4, 0.5) is 0 Å². The molecule has 0 aromatic heterocycles. The maximum absolute atomic E-state index is 8.87. The highest BCUT2D eigenvalue weighted by Gasteiger charge is 2.27. The lowest BCUT2D eigenvalue weighted by atomic mass is 10.1. The second-order valence-corrected chi connectivity index (χ2v) is 3.17. The van der Waals surface area contributed by atoms with Crippen molar-refractivity contribution >= 4 is 5.71 Å². The van der Waals surface area contributed by atoms with E-state index >= 15 is 0 Å². The van der Waals surface area contributed by atoms with Crippen molar-refractivity contribution in [1.82, 2.24) is 0 Å². The van der Waals surface area contributed by atoms with Crippen molar-refractivity contribution < 1.29 is 15.1 Å². The summed E-state index contributed by atoms with van der Waals surface area (Å²) in [5, 5.41) is 21.6. The Morgan fingerprint density at radius 3 is 2.57 bits per heavy atom. The van der Waals surface area contributed by atoms with Gasteiger partial charge in [0, 0.05) is 6.42 Å². The van der Waals surface area contributed by atoms with Gasteiger partial charge in [-0.2, -0.15) is 0 Å². The quantitative estimate of drug-likeness (QED) is 0.672. The van der Waals surface area contributed by atoms with Gasteiger partial charge in [0.15, 0.2) is 12.4 Å². The van der Waals surface area contributed by atoms with E-state index in [1.165, 1.54) is 0 Å². The molecule has 0 unspecified atom stereocenters. The first-order chi connectivity index (χ1) is 6.77. The first-order valence-corrected chi connectivity index (χ1v) is 4.41. The van der Waals surface area contributed by atoms with Crippen molar-refractivity contribution in [2.75, 3.05) is 0 Å². The molecule has 4 heteroatoms. The molecule has 4 nitrogen and oxygen atoms in total. The summed E-state index contributed by atoms with van der Waals surface area (Å²) >= 11 is 0. The number of hydrogen-bond donors (Lipinski definition) is 2. The molecule has 1 atom stereocenters. The highest BCUT2D eigenvalue weighted by atomic mass is 16.7. The van der Waals surface area contributed by atoms with E-state index in [4.69, 9.17) is 15.1 Å². The van der Waals surface area contributed by atoms with Crippen molar-refractivity contribution in [1.29, 1.82) is 0 Å². The van der Waals surface area contributed by atoms with Crippen molar-refractivity contribution in [3.63, 3.8) is 0 Å². The van der Waals surface area contributed by atoms with Crippen LogP contribution in [-0.2, 0) is 4.84 Å². The molecule has 74 valence electrons. The molecule has 0 saturated heterocycles. The van der Waals surface area contributed by atoms with Crippen molar-refractivity contribution in [2.45, 2.75) is 18.8 Å². The van der Waals surface area contributed by atoms with Crippen molar-refractivity contribution in [3.8, 4) is 0 Å². The minimum absolute atomic E-state index is 0.432. The average Bonchev–Trinajstić information content (AvgIpc) is 2.68. The third-order valence-electron chi connectivity index (χ3n) is 2.13. The SMILES string of the molecule is OC(O)[C@H]1CC(c2ccccc2)=NO1. The fraction of sp³-hybridized carbons (Fsp3) is 0.300. The van der Waals surface area contributed by atoms with Crippen LogP contribution in [0.25, 0.3) is 0 Å². The number of aliphatic hydroxyl groups is 2. The number of benzene rings is 1. The third-order valence-corrected chi connectivity index (χ3v) is 2.13. The molecule has 0 saturated carbocycles. The van der Waals surface area contributed by atoms with Crippen LogP contribution in [0.2, 0.25) is 0 Å². The topological polar surface area (TPSA) is 62.0 Å². The molecule has 1 aliphatic rings. The molecule has 1 aromatic carbocycles. The number of nitrogens with zero attached hydrogens (tertiary/aromatic N) is 1. The molecule has 0 radical (unpaired) electrons. The van der Waals surface area contributed by atoms with Crippen LogP contribution >= 0.6 is 0 Å². The molecule has 0 bridgehead atoms. The Balaban J connectivity index is 2.09. The third kappa shape index (κ3) is 1.76. The van der Waals surface area contributed by atoms with Gasteiger partial charge in [0.05, 0.1) is 5.71 Å². The number of hydrogen-bond acceptors (Lipinski definition) is 4. The fourth-order valence-electron chi connectivity index (χ4n) is 1.36. The molecular formula is C10H11NO3. The first-order valence-electron chi connectivity index (χ1n) is 4.41. The summed E-state index contributed by atoms with van der Waals surface area (Å²) in [7, 11) is 0. The van der Waals surface area contributed by atoms with Crippen LogP contribution in [0.1, 0.15) is 12.0 Å². The molecule has 0 spiro atoms. The van der Waals surface area contributed by atoms with Gasteiger partial charge in [0.25, 0.3) is 0 Å². The van der Waals surface area contributed by atoms with E-state index in [9.17, 15) is 0 Å². The maximum atomic E-state index is 8.87. The zero-order valence-electron chi connectivity index (χ0n) is 7.50. The molecule has 0 amide bonds. The normalized spacial score (nSPS) is 20.8. The zero-order valence-corrected chi connectivity index (χ0v) is 7.50. The van der Waals surface area contributed by atoms with Crippen LogP contribution in [0.5, 0.6) is 0 Å². The van der Waals surface area contributed by atoms with Gasteiger partial charge in [0.1, 0.15) is 0 Å². The predicted molar refractivity (Wildman–Crippen MR) is 50.7 cm³/mol. The Labute approximate surface area is 81.4 Å². The van der Waals surface area contributed by atoms with E-state index in [0.29, 0.717) is 6.42 Å². The second kappa shape index (κ2) is 3.77. The first kappa shape index (κ1) is 9.18. The minimum Gasteiger partial charge on any atom is -0.386 e. The van der Waals surface area contributed by atoms with Crippen LogP contribution in [0.3, 0.4) is 0 Å². The fourth-order valence-corrected chi connectivity index (χ4v) is 1.36. The molecule has 1 heterocycles. The highest BCUT2D eigenvalue weighted by molar-refractivity contribution is 6.01. The number of oxime groups is 1. The van der Waals surface area contributed by atoms with Gasteiger partial charge in [0.2, 0.25) is 0 Å². The zero-order chi connectivity index (χ0) is 9.97. The van der Waals surface area contributed by atoms with E-state index in [2.05, 4.69) is 5.16 Å². The summed E-state index contributed by atoms with van der Waals surface area (Å²) in [6.45, 7) is 0. The molecule has 1 aliphatic heterocycles. The lowest BCUT2D eigenvalue weighted by molar-refractivity contribution is -0.134. The maximum Gasteiger partial charge on any atom is 0.192 e. The Bertz CT molecular complexity index is 334. The molecule has 0 aliphatic carbocycles. The van der Waals surface area contributed by atoms with Gasteiger partial charge < -0.3 is 15.1 Å². The number of rotatable bonds is 2. The molecule has 0 fully saturated rings. The van der Waals surface area contributed by atoms with Gasteiger partial charge in [-0.05, 0) is 5.56 Å². The van der Waals surface area contributed by atoms with Gasteiger partial charge in [-0.1, -0.05) is 35.5 Å². The van der Waals surface area contributed by atoms with E-state index in [1.54, 1.807) is 0 Å². The summed E-state index contributed by atoms with van der Waals surface area (Å²) < 4.78 is 0. The van der Waals surface area contributed by atoms with Gasteiger partial charge >= 0.3 is 0 Å². The van der Waals surface area contributed by atoms with E-state index in [1.807, 2.05) is 30.3 Å². The Hall–Kier alpha value is -1.39. The predicted octanol–water partition coefficient (Wildman–Crippen LogP) is 0.490. The Morgan fingerprint density at radius 2 is 2.00 bits per heavy atom. The summed E-state index contributed by atoms with van der Waals surface area (Å²) in [6, 6.07) is 9.54. The average molecular weight is 193 g/mol. The summed E-state index contributed by atoms with van der Waals surface area (Å²) in [5.41, 5.74) is 1.71. The molecule has 2 rings (SSSR count).